The van der Waals surface area contributed by atoms with Gasteiger partial charge in [0.1, 0.15) is 5.69 Å². The smallest absolute Gasteiger partial charge is 0.322 e. The lowest BCUT2D eigenvalue weighted by atomic mass is 10.3. The Hall–Kier alpha value is -1.21. The highest BCUT2D eigenvalue weighted by Crippen LogP contribution is 2.24. The maximum Gasteiger partial charge on any atom is 0.322 e. The topological polar surface area (TPSA) is 52.6 Å². The summed E-state index contributed by atoms with van der Waals surface area (Å²) in [5.41, 5.74) is -0.493. The fourth-order valence-corrected chi connectivity index (χ4v) is 1.96. The summed E-state index contributed by atoms with van der Waals surface area (Å²) in [5, 5.41) is 11.0. The van der Waals surface area contributed by atoms with Gasteiger partial charge in [0, 0.05) is 17.6 Å². The van der Waals surface area contributed by atoms with Crippen LogP contribution in [0.1, 0.15) is 13.3 Å². The molecule has 1 aromatic carbocycles. The van der Waals surface area contributed by atoms with E-state index < -0.39 is 23.4 Å². The van der Waals surface area contributed by atoms with Crippen LogP contribution < -0.4 is 5.32 Å². The van der Waals surface area contributed by atoms with Gasteiger partial charge in [-0.05, 0) is 18.6 Å². The average molecular weight is 337 g/mol. The Labute approximate surface area is 118 Å². The second kappa shape index (κ2) is 7.40. The second-order valence-corrected chi connectivity index (χ2v) is 4.80. The lowest BCUT2D eigenvalue weighted by Gasteiger charge is -2.21. The van der Waals surface area contributed by atoms with Gasteiger partial charge < -0.3 is 15.3 Å². The maximum atomic E-state index is 13.6. The van der Waals surface area contributed by atoms with E-state index >= 15 is 0 Å². The Morgan fingerprint density at radius 2 is 1.95 bits per heavy atom. The molecule has 2 amide bonds. The Balaban J connectivity index is 2.86. The number of anilines is 1. The van der Waals surface area contributed by atoms with Crippen molar-refractivity contribution in [3.63, 3.8) is 0 Å². The number of hydrogen-bond acceptors (Lipinski definition) is 2. The molecule has 0 heterocycles. The molecule has 0 aliphatic rings. The van der Waals surface area contributed by atoms with Crippen LogP contribution in [0.3, 0.4) is 0 Å². The van der Waals surface area contributed by atoms with Gasteiger partial charge in [0.2, 0.25) is 0 Å². The molecule has 1 aromatic rings. The summed E-state index contributed by atoms with van der Waals surface area (Å²) in [7, 11) is 0. The standard InChI is InChI=1S/C12H15BrF2N2O2/c1-2-3-17(4-5-18)12(19)16-11-9(14)6-8(13)7-10(11)15/h6-7,18H,2-5H2,1H3,(H,16,19). The van der Waals surface area contributed by atoms with Crippen LogP contribution in [-0.4, -0.2) is 35.7 Å². The molecule has 0 aliphatic carbocycles. The summed E-state index contributed by atoms with van der Waals surface area (Å²) in [4.78, 5) is 13.1. The number of urea groups is 1. The van der Waals surface area contributed by atoms with E-state index in [0.29, 0.717) is 13.0 Å². The number of aliphatic hydroxyl groups excluding tert-OH is 1. The Morgan fingerprint density at radius 3 is 2.42 bits per heavy atom. The third kappa shape index (κ3) is 4.43. The first-order valence-electron chi connectivity index (χ1n) is 5.81. The molecule has 1 rings (SSSR count). The van der Waals surface area contributed by atoms with Gasteiger partial charge in [-0.25, -0.2) is 13.6 Å². The van der Waals surface area contributed by atoms with Gasteiger partial charge in [-0.2, -0.15) is 0 Å². The number of carbonyl (C=O) groups is 1. The summed E-state index contributed by atoms with van der Waals surface area (Å²) in [6.45, 7) is 2.16. The van der Waals surface area contributed by atoms with Gasteiger partial charge in [0.15, 0.2) is 11.6 Å². The number of halogens is 3. The van der Waals surface area contributed by atoms with E-state index in [9.17, 15) is 13.6 Å². The van der Waals surface area contributed by atoms with Crippen molar-refractivity contribution >= 4 is 27.6 Å². The predicted molar refractivity (Wildman–Crippen MR) is 72.0 cm³/mol. The molecule has 0 unspecified atom stereocenters. The van der Waals surface area contributed by atoms with Crippen molar-refractivity contribution in [3.8, 4) is 0 Å². The quantitative estimate of drug-likeness (QED) is 0.868. The van der Waals surface area contributed by atoms with E-state index in [2.05, 4.69) is 21.2 Å². The number of rotatable bonds is 5. The minimum Gasteiger partial charge on any atom is -0.395 e. The molecule has 2 N–H and O–H groups in total. The monoisotopic (exact) mass is 336 g/mol. The number of benzene rings is 1. The number of aliphatic hydroxyl groups is 1. The molecular formula is C12H15BrF2N2O2. The van der Waals surface area contributed by atoms with Gasteiger partial charge in [-0.15, -0.1) is 0 Å². The molecule has 19 heavy (non-hydrogen) atoms. The van der Waals surface area contributed by atoms with Crippen LogP contribution in [0.4, 0.5) is 19.3 Å². The zero-order chi connectivity index (χ0) is 14.4. The van der Waals surface area contributed by atoms with Crippen molar-refractivity contribution in [1.29, 1.82) is 0 Å². The van der Waals surface area contributed by atoms with Crippen LogP contribution in [0.5, 0.6) is 0 Å². The van der Waals surface area contributed by atoms with Gasteiger partial charge >= 0.3 is 6.03 Å². The van der Waals surface area contributed by atoms with Crippen molar-refractivity contribution in [1.82, 2.24) is 4.90 Å². The van der Waals surface area contributed by atoms with E-state index in [4.69, 9.17) is 5.11 Å². The minimum atomic E-state index is -0.860. The fourth-order valence-electron chi connectivity index (χ4n) is 1.55. The number of carbonyl (C=O) groups excluding carboxylic acids is 1. The van der Waals surface area contributed by atoms with E-state index in [1.807, 2.05) is 6.92 Å². The van der Waals surface area contributed by atoms with Crippen molar-refractivity contribution < 1.29 is 18.7 Å². The predicted octanol–water partition coefficient (Wildman–Crippen LogP) is 2.96. The molecule has 106 valence electrons. The molecule has 0 spiro atoms. The molecule has 0 saturated carbocycles. The molecule has 0 atom stereocenters. The highest BCUT2D eigenvalue weighted by molar-refractivity contribution is 9.10. The molecule has 4 nitrogen and oxygen atoms in total. The summed E-state index contributed by atoms with van der Waals surface area (Å²) in [5.74, 6) is -1.72. The first-order valence-corrected chi connectivity index (χ1v) is 6.60. The molecule has 0 radical (unpaired) electrons. The van der Waals surface area contributed by atoms with Crippen molar-refractivity contribution in [2.75, 3.05) is 25.0 Å². The minimum absolute atomic E-state index is 0.111. The van der Waals surface area contributed by atoms with Crippen LogP contribution in [0, 0.1) is 11.6 Å². The molecule has 0 fully saturated rings. The number of amides is 2. The van der Waals surface area contributed by atoms with Crippen molar-refractivity contribution in [2.45, 2.75) is 13.3 Å². The van der Waals surface area contributed by atoms with Crippen LogP contribution in [0.25, 0.3) is 0 Å². The molecular weight excluding hydrogens is 322 g/mol. The fraction of sp³-hybridized carbons (Fsp3) is 0.417. The largest absolute Gasteiger partial charge is 0.395 e. The summed E-state index contributed by atoms with van der Waals surface area (Å²) in [6.07, 6.45) is 0.679. The van der Waals surface area contributed by atoms with Gasteiger partial charge in [-0.3, -0.25) is 0 Å². The maximum absolute atomic E-state index is 13.6. The number of hydrogen-bond donors (Lipinski definition) is 2. The van der Waals surface area contributed by atoms with Crippen LogP contribution in [-0.2, 0) is 0 Å². The molecule has 0 aliphatic heterocycles. The Morgan fingerprint density at radius 1 is 1.37 bits per heavy atom. The molecule has 7 heteroatoms. The highest BCUT2D eigenvalue weighted by Gasteiger charge is 2.17. The van der Waals surface area contributed by atoms with Crippen LogP contribution >= 0.6 is 15.9 Å². The van der Waals surface area contributed by atoms with Gasteiger partial charge in [0.05, 0.1) is 6.61 Å². The zero-order valence-electron chi connectivity index (χ0n) is 10.4. The third-order valence-corrected chi connectivity index (χ3v) is 2.85. The molecule has 0 saturated heterocycles. The van der Waals surface area contributed by atoms with Crippen LogP contribution in [0.2, 0.25) is 0 Å². The Bertz CT molecular complexity index is 428. The normalized spacial score (nSPS) is 10.4. The molecule has 0 aromatic heterocycles. The van der Waals surface area contributed by atoms with Crippen molar-refractivity contribution in [3.05, 3.63) is 28.2 Å². The Kier molecular flexibility index (Phi) is 6.17. The van der Waals surface area contributed by atoms with Crippen LogP contribution in [0.15, 0.2) is 16.6 Å². The summed E-state index contributed by atoms with van der Waals surface area (Å²) >= 11 is 2.96. The number of nitrogens with zero attached hydrogens (tertiary/aromatic N) is 1. The van der Waals surface area contributed by atoms with E-state index in [-0.39, 0.29) is 17.6 Å². The lowest BCUT2D eigenvalue weighted by Crippen LogP contribution is -2.38. The zero-order valence-corrected chi connectivity index (χ0v) is 12.0. The van der Waals surface area contributed by atoms with E-state index in [0.717, 1.165) is 12.1 Å². The first-order chi connectivity index (χ1) is 8.99. The summed E-state index contributed by atoms with van der Waals surface area (Å²) < 4.78 is 27.4. The van der Waals surface area contributed by atoms with E-state index in [1.54, 1.807) is 0 Å². The van der Waals surface area contributed by atoms with E-state index in [1.165, 1.54) is 4.90 Å². The first kappa shape index (κ1) is 15.8. The number of nitrogens with one attached hydrogen (secondary N) is 1. The molecule has 0 bridgehead atoms. The third-order valence-electron chi connectivity index (χ3n) is 2.39. The highest BCUT2D eigenvalue weighted by atomic mass is 79.9. The van der Waals surface area contributed by atoms with Gasteiger partial charge in [0.25, 0.3) is 0 Å². The SMILES string of the molecule is CCCN(CCO)C(=O)Nc1c(F)cc(Br)cc1F. The van der Waals surface area contributed by atoms with Crippen molar-refractivity contribution in [2.24, 2.45) is 0 Å². The summed E-state index contributed by atoms with van der Waals surface area (Å²) in [6, 6.07) is 1.49. The lowest BCUT2D eigenvalue weighted by molar-refractivity contribution is 0.188. The van der Waals surface area contributed by atoms with Gasteiger partial charge in [-0.1, -0.05) is 22.9 Å². The second-order valence-electron chi connectivity index (χ2n) is 3.89. The average Bonchev–Trinajstić information content (AvgIpc) is 2.33.